The van der Waals surface area contributed by atoms with Crippen molar-refractivity contribution in [1.82, 2.24) is 23.6 Å². The molecule has 2 heterocycles. The molecule has 0 bridgehead atoms. The second kappa shape index (κ2) is 11.6. The molecule has 5 rings (SSSR count). The van der Waals surface area contributed by atoms with Gasteiger partial charge in [0.15, 0.2) is 10.6 Å². The Hall–Kier alpha value is -2.60. The van der Waals surface area contributed by atoms with Crippen molar-refractivity contribution >= 4 is 44.6 Å². The van der Waals surface area contributed by atoms with Crippen molar-refractivity contribution in [2.75, 3.05) is 39.9 Å². The van der Waals surface area contributed by atoms with Crippen molar-refractivity contribution in [1.29, 1.82) is 0 Å². The maximum atomic E-state index is 13.4. The van der Waals surface area contributed by atoms with Crippen LogP contribution in [-0.2, 0) is 28.0 Å². The van der Waals surface area contributed by atoms with Gasteiger partial charge in [-0.15, -0.1) is 0 Å². The third-order valence-electron chi connectivity index (χ3n) is 6.79. The first-order valence-corrected chi connectivity index (χ1v) is 14.7. The monoisotopic (exact) mass is 571 g/mol. The fraction of sp³-hybridized carbons (Fsp3) is 0.333. The maximum absolute atomic E-state index is 13.4. The van der Waals surface area contributed by atoms with Crippen LogP contribution in [0.4, 0.5) is 0 Å². The molecule has 200 valence electrons. The molecule has 0 unspecified atom stereocenters. The van der Waals surface area contributed by atoms with Crippen LogP contribution in [0.3, 0.4) is 0 Å². The lowest BCUT2D eigenvalue weighted by molar-refractivity contribution is 0.144. The Morgan fingerprint density at radius 2 is 1.68 bits per heavy atom. The van der Waals surface area contributed by atoms with Crippen molar-refractivity contribution < 1.29 is 13.2 Å². The Bertz CT molecular complexity index is 1590. The predicted molar refractivity (Wildman–Crippen MR) is 152 cm³/mol. The van der Waals surface area contributed by atoms with E-state index < -0.39 is 10.0 Å². The van der Waals surface area contributed by atoms with E-state index in [2.05, 4.69) is 4.90 Å². The van der Waals surface area contributed by atoms with E-state index in [1.807, 2.05) is 59.2 Å². The van der Waals surface area contributed by atoms with E-state index in [-0.39, 0.29) is 0 Å². The SMILES string of the molecule is COCCCn1c(-c2ccccc2Cl)nn(CN2CCN(S(=O)(=O)c3ccc4ccccc4c3)CC2)c1=S. The van der Waals surface area contributed by atoms with E-state index in [0.29, 0.717) is 66.5 Å². The molecule has 3 aromatic carbocycles. The summed E-state index contributed by atoms with van der Waals surface area (Å²) in [4.78, 5) is 2.50. The number of halogens is 1. The molecule has 0 radical (unpaired) electrons. The molecule has 8 nitrogen and oxygen atoms in total. The van der Waals surface area contributed by atoms with Gasteiger partial charge in [-0.3, -0.25) is 9.47 Å². The second-order valence-electron chi connectivity index (χ2n) is 9.26. The Morgan fingerprint density at radius 1 is 0.974 bits per heavy atom. The Balaban J connectivity index is 1.31. The van der Waals surface area contributed by atoms with E-state index in [1.165, 1.54) is 0 Å². The Morgan fingerprint density at radius 3 is 2.42 bits per heavy atom. The van der Waals surface area contributed by atoms with Crippen molar-refractivity contribution in [2.45, 2.75) is 24.5 Å². The average Bonchev–Trinajstić information content (AvgIpc) is 3.23. The van der Waals surface area contributed by atoms with Crippen molar-refractivity contribution in [3.8, 4) is 11.4 Å². The fourth-order valence-electron chi connectivity index (χ4n) is 4.72. The minimum atomic E-state index is -3.58. The molecule has 38 heavy (non-hydrogen) atoms. The van der Waals surface area contributed by atoms with Gasteiger partial charge in [0, 0.05) is 52.0 Å². The highest BCUT2D eigenvalue weighted by atomic mass is 35.5. The zero-order valence-electron chi connectivity index (χ0n) is 21.2. The number of methoxy groups -OCH3 is 1. The summed E-state index contributed by atoms with van der Waals surface area (Å²) in [5, 5.41) is 7.38. The quantitative estimate of drug-likeness (QED) is 0.210. The number of hydrogen-bond acceptors (Lipinski definition) is 6. The van der Waals surface area contributed by atoms with E-state index >= 15 is 0 Å². The molecule has 0 saturated carbocycles. The number of sulfonamides is 1. The van der Waals surface area contributed by atoms with Gasteiger partial charge in [-0.1, -0.05) is 54.1 Å². The molecule has 0 spiro atoms. The normalized spacial score (nSPS) is 15.3. The summed E-state index contributed by atoms with van der Waals surface area (Å²) in [6.07, 6.45) is 0.791. The summed E-state index contributed by atoms with van der Waals surface area (Å²) in [5.41, 5.74) is 0.822. The van der Waals surface area contributed by atoms with Crippen LogP contribution in [-0.4, -0.2) is 71.9 Å². The van der Waals surface area contributed by atoms with Crippen LogP contribution in [0.25, 0.3) is 22.2 Å². The zero-order valence-corrected chi connectivity index (χ0v) is 23.6. The third kappa shape index (κ3) is 5.56. The maximum Gasteiger partial charge on any atom is 0.243 e. The fourth-order valence-corrected chi connectivity index (χ4v) is 6.68. The number of nitrogens with zero attached hydrogens (tertiary/aromatic N) is 5. The van der Waals surface area contributed by atoms with Crippen LogP contribution in [0.1, 0.15) is 6.42 Å². The Kier molecular flexibility index (Phi) is 8.27. The minimum absolute atomic E-state index is 0.325. The molecule has 1 aliphatic rings. The number of ether oxygens (including phenoxy) is 1. The minimum Gasteiger partial charge on any atom is -0.385 e. The van der Waals surface area contributed by atoms with E-state index in [0.717, 1.165) is 22.8 Å². The largest absolute Gasteiger partial charge is 0.385 e. The lowest BCUT2D eigenvalue weighted by Crippen LogP contribution is -2.48. The molecular weight excluding hydrogens is 542 g/mol. The van der Waals surface area contributed by atoms with Crippen molar-refractivity contribution in [2.24, 2.45) is 0 Å². The van der Waals surface area contributed by atoms with E-state index in [4.69, 9.17) is 33.7 Å². The molecule has 1 saturated heterocycles. The van der Waals surface area contributed by atoms with Gasteiger partial charge in [0.05, 0.1) is 16.6 Å². The van der Waals surface area contributed by atoms with Gasteiger partial charge in [-0.05, 0) is 53.7 Å². The highest BCUT2D eigenvalue weighted by molar-refractivity contribution is 7.89. The van der Waals surface area contributed by atoms with Crippen LogP contribution in [0, 0.1) is 4.77 Å². The number of piperazine rings is 1. The molecule has 11 heteroatoms. The molecule has 0 aliphatic carbocycles. The number of hydrogen-bond donors (Lipinski definition) is 0. The van der Waals surface area contributed by atoms with Gasteiger partial charge in [0.2, 0.25) is 10.0 Å². The van der Waals surface area contributed by atoms with Gasteiger partial charge in [-0.2, -0.15) is 9.40 Å². The smallest absolute Gasteiger partial charge is 0.243 e. The molecule has 4 aromatic rings. The molecule has 1 aromatic heterocycles. The molecule has 1 fully saturated rings. The van der Waals surface area contributed by atoms with E-state index in [1.54, 1.807) is 28.2 Å². The predicted octanol–water partition coefficient (Wildman–Crippen LogP) is 4.89. The van der Waals surface area contributed by atoms with Crippen molar-refractivity contribution in [3.63, 3.8) is 0 Å². The molecule has 0 N–H and O–H groups in total. The van der Waals surface area contributed by atoms with Gasteiger partial charge in [0.1, 0.15) is 0 Å². The van der Waals surface area contributed by atoms with Crippen molar-refractivity contribution in [3.05, 3.63) is 76.5 Å². The van der Waals surface area contributed by atoms with Crippen LogP contribution in [0.2, 0.25) is 5.02 Å². The molecular formula is C27H30ClN5O3S2. The number of aromatic nitrogens is 3. The van der Waals surface area contributed by atoms with Crippen LogP contribution in [0.15, 0.2) is 71.6 Å². The first kappa shape index (κ1) is 27.0. The van der Waals surface area contributed by atoms with E-state index in [9.17, 15) is 8.42 Å². The third-order valence-corrected chi connectivity index (χ3v) is 9.45. The lowest BCUT2D eigenvalue weighted by Gasteiger charge is -2.33. The Labute approximate surface area is 233 Å². The van der Waals surface area contributed by atoms with Gasteiger partial charge < -0.3 is 4.74 Å². The zero-order chi connectivity index (χ0) is 26.7. The highest BCUT2D eigenvalue weighted by Gasteiger charge is 2.29. The van der Waals surface area contributed by atoms with Crippen LogP contribution < -0.4 is 0 Å². The first-order chi connectivity index (χ1) is 18.4. The molecule has 1 aliphatic heterocycles. The summed E-state index contributed by atoms with van der Waals surface area (Å²) >= 11 is 12.3. The summed E-state index contributed by atoms with van der Waals surface area (Å²) < 4.78 is 37.9. The number of benzene rings is 3. The van der Waals surface area contributed by atoms with Gasteiger partial charge in [0.25, 0.3) is 0 Å². The first-order valence-electron chi connectivity index (χ1n) is 12.5. The summed E-state index contributed by atoms with van der Waals surface area (Å²) in [6.45, 7) is 3.69. The summed E-state index contributed by atoms with van der Waals surface area (Å²) in [6, 6.07) is 20.7. The summed E-state index contributed by atoms with van der Waals surface area (Å²) in [5.74, 6) is 0.717. The number of fused-ring (bicyclic) bond motifs is 1. The van der Waals surface area contributed by atoms with Crippen LogP contribution in [0.5, 0.6) is 0 Å². The molecule has 0 atom stereocenters. The average molecular weight is 572 g/mol. The number of rotatable bonds is 9. The van der Waals surface area contributed by atoms with Gasteiger partial charge >= 0.3 is 0 Å². The van der Waals surface area contributed by atoms with Crippen LogP contribution >= 0.6 is 23.8 Å². The standard InChI is InChI=1S/C27H30ClN5O3S2/c1-36-18-6-13-32-26(24-9-4-5-10-25(24)28)29-33(27(32)37)20-30-14-16-31(17-15-30)38(34,35)23-12-11-21-7-2-3-8-22(21)19-23/h2-5,7-12,19H,6,13-18,20H2,1H3. The summed E-state index contributed by atoms with van der Waals surface area (Å²) in [7, 11) is -1.90. The highest BCUT2D eigenvalue weighted by Crippen LogP contribution is 2.27. The lowest BCUT2D eigenvalue weighted by atomic mass is 10.1. The second-order valence-corrected chi connectivity index (χ2v) is 12.0. The topological polar surface area (TPSA) is 72.6 Å². The van der Waals surface area contributed by atoms with Gasteiger partial charge in [-0.25, -0.2) is 13.1 Å². The molecule has 0 amide bonds.